The number of unbranched alkanes of at least 4 members (excludes halogenated alkanes) is 1. The lowest BCUT2D eigenvalue weighted by molar-refractivity contribution is -0.159. The fourth-order valence-corrected chi connectivity index (χ4v) is 7.02. The highest BCUT2D eigenvalue weighted by molar-refractivity contribution is 5.87. The van der Waals surface area contributed by atoms with Crippen molar-refractivity contribution in [3.05, 3.63) is 106 Å². The lowest BCUT2D eigenvalue weighted by Crippen LogP contribution is -2.52. The summed E-state index contributed by atoms with van der Waals surface area (Å²) in [4.78, 5) is 42.9. The van der Waals surface area contributed by atoms with E-state index in [2.05, 4.69) is 20.5 Å². The molecular formula is C40H48N4O8. The zero-order valence-corrected chi connectivity index (χ0v) is 29.7. The molecular weight excluding hydrogens is 664 g/mol. The third kappa shape index (κ3) is 9.11. The van der Waals surface area contributed by atoms with Gasteiger partial charge in [0.15, 0.2) is 5.60 Å². The van der Waals surface area contributed by atoms with Crippen LogP contribution in [0.25, 0.3) is 10.9 Å². The van der Waals surface area contributed by atoms with Gasteiger partial charge in [-0.1, -0.05) is 48.5 Å². The number of rotatable bonds is 15. The van der Waals surface area contributed by atoms with Crippen molar-refractivity contribution in [3.63, 3.8) is 0 Å². The third-order valence-electron chi connectivity index (χ3n) is 9.89. The summed E-state index contributed by atoms with van der Waals surface area (Å²) in [6, 6.07) is 22.5. The Morgan fingerprint density at radius 1 is 0.981 bits per heavy atom. The predicted molar refractivity (Wildman–Crippen MR) is 196 cm³/mol. The highest BCUT2D eigenvalue weighted by atomic mass is 16.6. The summed E-state index contributed by atoms with van der Waals surface area (Å²) in [6.07, 6.45) is 1.97. The zero-order valence-electron chi connectivity index (χ0n) is 29.7. The largest absolute Gasteiger partial charge is 0.506 e. The van der Waals surface area contributed by atoms with Crippen LogP contribution < -0.4 is 20.9 Å². The summed E-state index contributed by atoms with van der Waals surface area (Å²) >= 11 is 0. The number of esters is 1. The van der Waals surface area contributed by atoms with Crippen LogP contribution in [0.2, 0.25) is 0 Å². The molecule has 3 atom stereocenters. The average molecular weight is 713 g/mol. The van der Waals surface area contributed by atoms with Crippen molar-refractivity contribution < 1.29 is 34.0 Å². The third-order valence-corrected chi connectivity index (χ3v) is 9.89. The van der Waals surface area contributed by atoms with E-state index >= 15 is 0 Å². The number of nitrogens with one attached hydrogen (secondary N) is 3. The highest BCUT2D eigenvalue weighted by Crippen LogP contribution is 2.32. The van der Waals surface area contributed by atoms with Gasteiger partial charge in [-0.3, -0.25) is 9.69 Å². The molecule has 3 aliphatic heterocycles. The number of carbonyl (C=O) groups is 2. The van der Waals surface area contributed by atoms with Gasteiger partial charge in [-0.05, 0) is 106 Å². The van der Waals surface area contributed by atoms with Crippen molar-refractivity contribution in [1.82, 2.24) is 20.5 Å². The second-order valence-corrected chi connectivity index (χ2v) is 14.1. The molecule has 12 heteroatoms. The van der Waals surface area contributed by atoms with E-state index in [1.165, 1.54) is 12.1 Å². The number of hydrogen-bond donors (Lipinski definition) is 5. The molecule has 0 spiro atoms. The van der Waals surface area contributed by atoms with Gasteiger partial charge in [0.25, 0.3) is 0 Å². The Balaban J connectivity index is 0.972. The molecule has 1 aromatic heterocycles. The molecule has 0 saturated carbocycles. The van der Waals surface area contributed by atoms with Crippen molar-refractivity contribution in [3.8, 4) is 11.5 Å². The van der Waals surface area contributed by atoms with Gasteiger partial charge in [0.2, 0.25) is 5.56 Å². The molecule has 1 unspecified atom stereocenters. The molecule has 3 fully saturated rings. The van der Waals surface area contributed by atoms with Crippen molar-refractivity contribution in [1.29, 1.82) is 0 Å². The molecule has 2 bridgehead atoms. The summed E-state index contributed by atoms with van der Waals surface area (Å²) in [5.74, 6) is 0.298. The van der Waals surface area contributed by atoms with Gasteiger partial charge >= 0.3 is 12.1 Å². The van der Waals surface area contributed by atoms with Gasteiger partial charge in [0, 0.05) is 24.5 Å². The number of aromatic hydroxyl groups is 1. The number of aromatic nitrogens is 1. The van der Waals surface area contributed by atoms with Crippen molar-refractivity contribution in [2.24, 2.45) is 5.92 Å². The molecule has 5 N–H and O–H groups in total. The Bertz CT molecular complexity index is 1890. The lowest BCUT2D eigenvalue weighted by Gasteiger charge is -2.43. The van der Waals surface area contributed by atoms with Crippen LogP contribution in [-0.2, 0) is 14.3 Å². The maximum Gasteiger partial charge on any atom is 0.408 e. The van der Waals surface area contributed by atoms with Gasteiger partial charge in [-0.2, -0.15) is 0 Å². The molecule has 3 saturated heterocycles. The smallest absolute Gasteiger partial charge is 0.408 e. The van der Waals surface area contributed by atoms with E-state index in [-0.39, 0.29) is 36.1 Å². The Labute approximate surface area is 303 Å². The van der Waals surface area contributed by atoms with Gasteiger partial charge in [-0.15, -0.1) is 0 Å². The number of benzene rings is 3. The summed E-state index contributed by atoms with van der Waals surface area (Å²) in [7, 11) is 0. The standard InChI is InChI=1S/C40H48N4O8/c1-40(2,38(48)50-22-7-6-19-41-24-33(46)30-13-15-32(45)37-31(30)14-16-35(47)42-37)52-29-12-8-11-28(23-29)36(27-9-4-3-5-10-27)43-39(49)51-34-25-44-20-17-26(34)18-21-44/h3-5,8-16,23,26,33-34,36,41,45-46H,6-7,17-22,24-25H2,1-2H3,(H,42,47)(H,43,49)/t33-,34-,36?/m0/s1. The number of aliphatic hydroxyl groups excluding tert-OH is 1. The van der Waals surface area contributed by atoms with Crippen LogP contribution in [0.4, 0.5) is 4.79 Å². The number of hydrogen-bond acceptors (Lipinski definition) is 10. The summed E-state index contributed by atoms with van der Waals surface area (Å²) in [6.45, 7) is 7.26. The molecule has 4 aromatic rings. The number of fused-ring (bicyclic) bond motifs is 4. The molecule has 3 aliphatic rings. The summed E-state index contributed by atoms with van der Waals surface area (Å²) in [5.41, 5.74) is 0.937. The van der Waals surface area contributed by atoms with E-state index in [1.54, 1.807) is 32.0 Å². The van der Waals surface area contributed by atoms with Crippen LogP contribution in [0.3, 0.4) is 0 Å². The Morgan fingerprint density at radius 2 is 1.75 bits per heavy atom. The number of H-pyrrole nitrogens is 1. The Hall–Kier alpha value is -4.91. The first-order valence-electron chi connectivity index (χ1n) is 18.0. The number of amides is 1. The molecule has 12 nitrogen and oxygen atoms in total. The second kappa shape index (κ2) is 16.6. The van der Waals surface area contributed by atoms with Crippen LogP contribution in [0.5, 0.6) is 11.5 Å². The Kier molecular flexibility index (Phi) is 11.8. The molecule has 1 amide bonds. The summed E-state index contributed by atoms with van der Waals surface area (Å²) < 4.78 is 17.7. The van der Waals surface area contributed by atoms with Gasteiger partial charge < -0.3 is 40.0 Å². The Morgan fingerprint density at radius 3 is 2.50 bits per heavy atom. The van der Waals surface area contributed by atoms with Crippen molar-refractivity contribution in [2.45, 2.75) is 63.4 Å². The van der Waals surface area contributed by atoms with E-state index in [9.17, 15) is 24.6 Å². The fraction of sp³-hybridized carbons (Fsp3) is 0.425. The van der Waals surface area contributed by atoms with E-state index in [4.69, 9.17) is 14.2 Å². The topological polar surface area (TPSA) is 162 Å². The minimum atomic E-state index is -1.28. The van der Waals surface area contributed by atoms with Gasteiger partial charge in [0.05, 0.1) is 24.3 Å². The first-order valence-corrected chi connectivity index (χ1v) is 18.0. The number of aliphatic hydroxyl groups is 1. The normalized spacial score (nSPS) is 19.5. The maximum absolute atomic E-state index is 13.2. The first kappa shape index (κ1) is 36.9. The van der Waals surface area contributed by atoms with E-state index in [0.29, 0.717) is 42.0 Å². The molecule has 0 radical (unpaired) electrons. The number of pyridine rings is 1. The SMILES string of the molecule is CC(C)(Oc1cccc(C(NC(=O)O[C@H]2CN3CCC2CC3)c2ccccc2)c1)C(=O)OCCCCNC[C@H](O)c1ccc(O)c2[nH]c(=O)ccc12. The predicted octanol–water partition coefficient (Wildman–Crippen LogP) is 4.95. The summed E-state index contributed by atoms with van der Waals surface area (Å²) in [5, 5.41) is 27.7. The lowest BCUT2D eigenvalue weighted by atomic mass is 9.86. The molecule has 52 heavy (non-hydrogen) atoms. The van der Waals surface area contributed by atoms with Crippen LogP contribution in [-0.4, -0.2) is 83.2 Å². The molecule has 276 valence electrons. The van der Waals surface area contributed by atoms with E-state index in [1.807, 2.05) is 48.5 Å². The second-order valence-electron chi connectivity index (χ2n) is 14.1. The number of ether oxygens (including phenoxy) is 3. The molecule has 0 aliphatic carbocycles. The fourth-order valence-electron chi connectivity index (χ4n) is 7.02. The maximum atomic E-state index is 13.2. The van der Waals surface area contributed by atoms with Crippen LogP contribution in [0, 0.1) is 5.92 Å². The molecule has 4 heterocycles. The van der Waals surface area contributed by atoms with Crippen LogP contribution >= 0.6 is 0 Å². The van der Waals surface area contributed by atoms with E-state index in [0.717, 1.165) is 43.6 Å². The first-order chi connectivity index (χ1) is 25.1. The number of alkyl carbamates (subject to hydrolysis) is 1. The number of phenolic OH excluding ortho intramolecular Hbond substituents is 1. The minimum absolute atomic E-state index is 0.0595. The van der Waals surface area contributed by atoms with Crippen molar-refractivity contribution in [2.75, 3.05) is 39.3 Å². The zero-order chi connectivity index (χ0) is 36.7. The number of phenols is 1. The molecule has 7 rings (SSSR count). The highest BCUT2D eigenvalue weighted by Gasteiger charge is 2.37. The monoisotopic (exact) mass is 712 g/mol. The van der Waals surface area contributed by atoms with Gasteiger partial charge in [-0.25, -0.2) is 9.59 Å². The van der Waals surface area contributed by atoms with Crippen molar-refractivity contribution >= 4 is 23.0 Å². The van der Waals surface area contributed by atoms with Crippen LogP contribution in [0.1, 0.15) is 68.4 Å². The number of nitrogens with zero attached hydrogens (tertiary/aromatic N) is 1. The quantitative estimate of drug-likeness (QED) is 0.0843. The minimum Gasteiger partial charge on any atom is -0.506 e. The van der Waals surface area contributed by atoms with Crippen LogP contribution in [0.15, 0.2) is 83.7 Å². The number of carbonyl (C=O) groups excluding carboxylic acids is 2. The average Bonchev–Trinajstić information content (AvgIpc) is 3.14. The van der Waals surface area contributed by atoms with Gasteiger partial charge in [0.1, 0.15) is 17.6 Å². The number of piperidine rings is 3. The van der Waals surface area contributed by atoms with E-state index < -0.39 is 29.8 Å². The number of aromatic amines is 1. The molecule has 3 aromatic carbocycles.